The number of piperidine rings is 1. The van der Waals surface area contributed by atoms with Gasteiger partial charge in [-0.05, 0) is 44.0 Å². The van der Waals surface area contributed by atoms with Crippen LogP contribution in [-0.2, 0) is 17.4 Å². The summed E-state index contributed by atoms with van der Waals surface area (Å²) in [5, 5.41) is 14.3. The third-order valence-corrected chi connectivity index (χ3v) is 4.10. The molecule has 2 heterocycles. The van der Waals surface area contributed by atoms with Crippen molar-refractivity contribution in [3.05, 3.63) is 35.7 Å². The minimum atomic E-state index is -5.08. The van der Waals surface area contributed by atoms with Crippen molar-refractivity contribution >= 4 is 5.97 Å². The van der Waals surface area contributed by atoms with Crippen LogP contribution < -0.4 is 5.32 Å². The third kappa shape index (κ3) is 7.04. The topological polar surface area (TPSA) is 88.3 Å². The molecule has 6 nitrogen and oxygen atoms in total. The molecular formula is C17H17F6N3O3. The summed E-state index contributed by atoms with van der Waals surface area (Å²) in [6.45, 7) is 1.98. The molecule has 0 amide bonds. The van der Waals surface area contributed by atoms with Crippen molar-refractivity contribution < 1.29 is 40.8 Å². The van der Waals surface area contributed by atoms with Crippen LogP contribution in [0.25, 0.3) is 11.4 Å². The number of halogens is 6. The maximum Gasteiger partial charge on any atom is 0.490 e. The van der Waals surface area contributed by atoms with Gasteiger partial charge in [0.15, 0.2) is 0 Å². The number of carboxylic acid groups (broad SMARTS) is 1. The van der Waals surface area contributed by atoms with Crippen LogP contribution in [0.5, 0.6) is 0 Å². The normalized spacial score (nSPS) is 15.5. The molecule has 0 saturated carbocycles. The summed E-state index contributed by atoms with van der Waals surface area (Å²) in [6.07, 6.45) is -6.57. The molecule has 160 valence electrons. The number of hydrogen-bond donors (Lipinski definition) is 2. The third-order valence-electron chi connectivity index (χ3n) is 4.10. The lowest BCUT2D eigenvalue weighted by Crippen LogP contribution is -2.28. The number of alkyl halides is 6. The van der Waals surface area contributed by atoms with Gasteiger partial charge >= 0.3 is 18.3 Å². The SMILES string of the molecule is FC(F)(F)c1ccc(-c2noc(CC3CCNCC3)n2)cc1.O=C(O)C(F)(F)F. The molecule has 1 aliphatic heterocycles. The van der Waals surface area contributed by atoms with E-state index in [1.165, 1.54) is 12.1 Å². The molecule has 1 aromatic carbocycles. The van der Waals surface area contributed by atoms with Crippen LogP contribution in [0.2, 0.25) is 0 Å². The predicted octanol–water partition coefficient (Wildman–Crippen LogP) is 3.93. The summed E-state index contributed by atoms with van der Waals surface area (Å²) >= 11 is 0. The molecule has 0 aliphatic carbocycles. The van der Waals surface area contributed by atoms with Crippen LogP contribution in [-0.4, -0.2) is 40.5 Å². The summed E-state index contributed by atoms with van der Waals surface area (Å²) in [5.74, 6) is -1.37. The first-order chi connectivity index (χ1) is 13.5. The van der Waals surface area contributed by atoms with E-state index >= 15 is 0 Å². The molecule has 0 radical (unpaired) electrons. The Morgan fingerprint density at radius 1 is 1.10 bits per heavy atom. The zero-order valence-electron chi connectivity index (χ0n) is 14.8. The van der Waals surface area contributed by atoms with Gasteiger partial charge in [-0.25, -0.2) is 4.79 Å². The first kappa shape index (κ1) is 22.7. The van der Waals surface area contributed by atoms with E-state index in [0.717, 1.165) is 44.5 Å². The standard InChI is InChI=1S/C15H16F3N3O.C2HF3O2/c16-15(17,18)12-3-1-11(2-4-12)14-20-13(22-21-14)9-10-5-7-19-8-6-10;3-2(4,5)1(6)7/h1-4,10,19H,5-9H2;(H,6,7). The average Bonchev–Trinajstić information content (AvgIpc) is 3.10. The maximum atomic E-state index is 12.5. The summed E-state index contributed by atoms with van der Waals surface area (Å²) in [6, 6.07) is 4.78. The first-order valence-corrected chi connectivity index (χ1v) is 8.48. The van der Waals surface area contributed by atoms with Crippen molar-refractivity contribution in [1.82, 2.24) is 15.5 Å². The van der Waals surface area contributed by atoms with Crippen molar-refractivity contribution in [1.29, 1.82) is 0 Å². The molecule has 0 atom stereocenters. The lowest BCUT2D eigenvalue weighted by molar-refractivity contribution is -0.192. The number of nitrogens with zero attached hydrogens (tertiary/aromatic N) is 2. The Balaban J connectivity index is 0.000000370. The van der Waals surface area contributed by atoms with Crippen LogP contribution in [0, 0.1) is 5.92 Å². The molecule has 1 fully saturated rings. The number of carbonyl (C=O) groups is 1. The second-order valence-corrected chi connectivity index (χ2v) is 6.29. The highest BCUT2D eigenvalue weighted by Gasteiger charge is 2.38. The Morgan fingerprint density at radius 2 is 1.66 bits per heavy atom. The van der Waals surface area contributed by atoms with Gasteiger partial charge in [-0.3, -0.25) is 0 Å². The van der Waals surface area contributed by atoms with Gasteiger partial charge in [0.05, 0.1) is 5.56 Å². The molecule has 0 unspecified atom stereocenters. The van der Waals surface area contributed by atoms with Crippen LogP contribution in [0.4, 0.5) is 26.3 Å². The smallest absolute Gasteiger partial charge is 0.475 e. The Bertz CT molecular complexity index is 796. The van der Waals surface area contributed by atoms with Gasteiger partial charge in [-0.1, -0.05) is 17.3 Å². The molecule has 12 heteroatoms. The lowest BCUT2D eigenvalue weighted by Gasteiger charge is -2.20. The summed E-state index contributed by atoms with van der Waals surface area (Å²) in [7, 11) is 0. The summed E-state index contributed by atoms with van der Waals surface area (Å²) in [4.78, 5) is 13.2. The number of benzene rings is 1. The van der Waals surface area contributed by atoms with Crippen LogP contribution >= 0.6 is 0 Å². The number of carboxylic acids is 1. The van der Waals surface area contributed by atoms with Crippen molar-refractivity contribution in [3.8, 4) is 11.4 Å². The fourth-order valence-electron chi connectivity index (χ4n) is 2.60. The zero-order chi connectivity index (χ0) is 21.7. The Hall–Kier alpha value is -2.63. The van der Waals surface area contributed by atoms with E-state index in [1.807, 2.05) is 0 Å². The fraction of sp³-hybridized carbons (Fsp3) is 0.471. The molecule has 0 bridgehead atoms. The number of rotatable bonds is 3. The second kappa shape index (κ2) is 9.25. The van der Waals surface area contributed by atoms with E-state index in [2.05, 4.69) is 15.5 Å². The van der Waals surface area contributed by atoms with Gasteiger partial charge in [0.25, 0.3) is 0 Å². The highest BCUT2D eigenvalue weighted by atomic mass is 19.4. The van der Waals surface area contributed by atoms with Crippen LogP contribution in [0.3, 0.4) is 0 Å². The summed E-state index contributed by atoms with van der Waals surface area (Å²) in [5.41, 5.74) is -0.164. The molecule has 0 spiro atoms. The van der Waals surface area contributed by atoms with Gasteiger partial charge in [-0.15, -0.1) is 0 Å². The first-order valence-electron chi connectivity index (χ1n) is 8.48. The van der Waals surface area contributed by atoms with Gasteiger partial charge in [0.1, 0.15) is 0 Å². The highest BCUT2D eigenvalue weighted by molar-refractivity contribution is 5.73. The molecule has 1 saturated heterocycles. The molecule has 3 rings (SSSR count). The minimum Gasteiger partial charge on any atom is -0.475 e. The number of nitrogens with one attached hydrogen (secondary N) is 1. The lowest BCUT2D eigenvalue weighted by atomic mass is 9.95. The Labute approximate surface area is 160 Å². The predicted molar refractivity (Wildman–Crippen MR) is 87.7 cm³/mol. The van der Waals surface area contributed by atoms with Crippen molar-refractivity contribution in [3.63, 3.8) is 0 Å². The zero-order valence-corrected chi connectivity index (χ0v) is 14.8. The van der Waals surface area contributed by atoms with Crippen molar-refractivity contribution in [2.45, 2.75) is 31.6 Å². The summed E-state index contributed by atoms with van der Waals surface area (Å²) < 4.78 is 74.5. The van der Waals surface area contributed by atoms with E-state index in [1.54, 1.807) is 0 Å². The monoisotopic (exact) mass is 425 g/mol. The molecule has 2 N–H and O–H groups in total. The highest BCUT2D eigenvalue weighted by Crippen LogP contribution is 2.30. The minimum absolute atomic E-state index is 0.331. The second-order valence-electron chi connectivity index (χ2n) is 6.29. The van der Waals surface area contributed by atoms with E-state index < -0.39 is 23.9 Å². The molecule has 1 aromatic heterocycles. The van der Waals surface area contributed by atoms with Crippen LogP contribution in [0.1, 0.15) is 24.3 Å². The van der Waals surface area contributed by atoms with Crippen LogP contribution in [0.15, 0.2) is 28.8 Å². The number of hydrogen-bond acceptors (Lipinski definition) is 5. The fourth-order valence-corrected chi connectivity index (χ4v) is 2.60. The molecular weight excluding hydrogens is 408 g/mol. The number of aromatic nitrogens is 2. The largest absolute Gasteiger partial charge is 0.490 e. The van der Waals surface area contributed by atoms with E-state index in [-0.39, 0.29) is 0 Å². The molecule has 29 heavy (non-hydrogen) atoms. The Morgan fingerprint density at radius 3 is 2.14 bits per heavy atom. The van der Waals surface area contributed by atoms with Gasteiger partial charge in [-0.2, -0.15) is 31.3 Å². The quantitative estimate of drug-likeness (QED) is 0.725. The van der Waals surface area contributed by atoms with E-state index in [4.69, 9.17) is 14.4 Å². The maximum absolute atomic E-state index is 12.5. The van der Waals surface area contributed by atoms with Gasteiger partial charge in [0, 0.05) is 12.0 Å². The number of aliphatic carboxylic acids is 1. The van der Waals surface area contributed by atoms with E-state index in [0.29, 0.717) is 23.2 Å². The van der Waals surface area contributed by atoms with Gasteiger partial charge in [0.2, 0.25) is 11.7 Å². The van der Waals surface area contributed by atoms with Crippen molar-refractivity contribution in [2.24, 2.45) is 5.92 Å². The Kier molecular flexibility index (Phi) is 7.22. The van der Waals surface area contributed by atoms with Gasteiger partial charge < -0.3 is 14.9 Å². The van der Waals surface area contributed by atoms with E-state index in [9.17, 15) is 26.3 Å². The molecule has 2 aromatic rings. The molecule has 1 aliphatic rings. The van der Waals surface area contributed by atoms with Crippen molar-refractivity contribution in [2.75, 3.05) is 13.1 Å². The average molecular weight is 425 g/mol.